The van der Waals surface area contributed by atoms with Crippen LogP contribution in [0.5, 0.6) is 5.75 Å². The van der Waals surface area contributed by atoms with Crippen molar-refractivity contribution in [2.75, 3.05) is 39.9 Å². The number of halogens is 1. The molecule has 1 aromatic rings. The van der Waals surface area contributed by atoms with Crippen molar-refractivity contribution in [2.45, 2.75) is 18.9 Å². The molecule has 2 rings (SSSR count). The normalized spacial score (nSPS) is 16.9. The molecule has 1 aliphatic rings. The zero-order valence-electron chi connectivity index (χ0n) is 13.0. The van der Waals surface area contributed by atoms with E-state index in [0.717, 1.165) is 31.7 Å². The number of hydrogen-bond acceptors (Lipinski definition) is 4. The van der Waals surface area contributed by atoms with Gasteiger partial charge in [0, 0.05) is 20.2 Å². The highest BCUT2D eigenvalue weighted by molar-refractivity contribution is 5.85. The second-order valence-electron chi connectivity index (χ2n) is 5.24. The van der Waals surface area contributed by atoms with Gasteiger partial charge in [0.1, 0.15) is 12.4 Å². The number of benzene rings is 1. The minimum atomic E-state index is 0. The van der Waals surface area contributed by atoms with Crippen LogP contribution >= 0.6 is 12.4 Å². The molecule has 1 saturated heterocycles. The standard InChI is InChI=1S/C16H24N2O3.ClH/c1-18(9-11-21-14-6-3-2-4-7-14)16(19)13-17-12-15-8-5-10-20-15;/h2-4,6-7,15,17H,5,8-13H2,1H3;1H. The SMILES string of the molecule is CN(CCOc1ccccc1)C(=O)CNCC1CCCO1.Cl. The van der Waals surface area contributed by atoms with Gasteiger partial charge in [0.25, 0.3) is 0 Å². The van der Waals surface area contributed by atoms with Gasteiger partial charge in [-0.2, -0.15) is 0 Å². The van der Waals surface area contributed by atoms with E-state index in [0.29, 0.717) is 19.7 Å². The van der Waals surface area contributed by atoms with Gasteiger partial charge < -0.3 is 19.7 Å². The fourth-order valence-electron chi connectivity index (χ4n) is 2.22. The largest absolute Gasteiger partial charge is 0.492 e. The number of rotatable bonds is 8. The van der Waals surface area contributed by atoms with Gasteiger partial charge in [0.15, 0.2) is 0 Å². The molecular weight excluding hydrogens is 304 g/mol. The Kier molecular flexibility index (Phi) is 8.89. The van der Waals surface area contributed by atoms with Gasteiger partial charge in [-0.05, 0) is 25.0 Å². The zero-order valence-corrected chi connectivity index (χ0v) is 13.8. The Morgan fingerprint density at radius 1 is 1.41 bits per heavy atom. The highest BCUT2D eigenvalue weighted by atomic mass is 35.5. The highest BCUT2D eigenvalue weighted by Gasteiger charge is 2.15. The van der Waals surface area contributed by atoms with Gasteiger partial charge in [0.2, 0.25) is 5.91 Å². The van der Waals surface area contributed by atoms with Crippen LogP contribution in [0.4, 0.5) is 0 Å². The number of carbonyl (C=O) groups is 1. The Morgan fingerprint density at radius 2 is 2.18 bits per heavy atom. The van der Waals surface area contributed by atoms with Crippen LogP contribution in [-0.4, -0.2) is 56.8 Å². The molecule has 0 bridgehead atoms. The van der Waals surface area contributed by atoms with E-state index in [2.05, 4.69) is 5.32 Å². The monoisotopic (exact) mass is 328 g/mol. The van der Waals surface area contributed by atoms with Crippen molar-refractivity contribution < 1.29 is 14.3 Å². The molecule has 1 atom stereocenters. The van der Waals surface area contributed by atoms with Crippen LogP contribution in [0.2, 0.25) is 0 Å². The maximum Gasteiger partial charge on any atom is 0.236 e. The summed E-state index contributed by atoms with van der Waals surface area (Å²) < 4.78 is 11.1. The van der Waals surface area contributed by atoms with E-state index < -0.39 is 0 Å². The van der Waals surface area contributed by atoms with Gasteiger partial charge in [-0.1, -0.05) is 18.2 Å². The molecule has 1 heterocycles. The van der Waals surface area contributed by atoms with E-state index in [1.54, 1.807) is 11.9 Å². The zero-order chi connectivity index (χ0) is 14.9. The molecule has 1 fully saturated rings. The minimum absolute atomic E-state index is 0. The third-order valence-corrected chi connectivity index (χ3v) is 3.54. The van der Waals surface area contributed by atoms with E-state index in [1.807, 2.05) is 30.3 Å². The predicted octanol–water partition coefficient (Wildman–Crippen LogP) is 1.71. The summed E-state index contributed by atoms with van der Waals surface area (Å²) >= 11 is 0. The maximum absolute atomic E-state index is 11.9. The quantitative estimate of drug-likeness (QED) is 0.789. The van der Waals surface area contributed by atoms with Crippen LogP contribution in [0.1, 0.15) is 12.8 Å². The summed E-state index contributed by atoms with van der Waals surface area (Å²) in [4.78, 5) is 13.6. The van der Waals surface area contributed by atoms with Crippen LogP contribution in [0, 0.1) is 0 Å². The lowest BCUT2D eigenvalue weighted by Crippen LogP contribution is -2.39. The number of amides is 1. The van der Waals surface area contributed by atoms with E-state index in [9.17, 15) is 4.79 Å². The van der Waals surface area contributed by atoms with Crippen molar-refractivity contribution in [3.8, 4) is 5.75 Å². The number of para-hydroxylation sites is 1. The van der Waals surface area contributed by atoms with Crippen LogP contribution in [0.15, 0.2) is 30.3 Å². The summed E-state index contributed by atoms with van der Waals surface area (Å²) in [6.07, 6.45) is 2.48. The Balaban J connectivity index is 0.00000242. The number of likely N-dealkylation sites (N-methyl/N-ethyl adjacent to an activating group) is 1. The smallest absolute Gasteiger partial charge is 0.236 e. The lowest BCUT2D eigenvalue weighted by molar-refractivity contribution is -0.129. The molecule has 6 heteroatoms. The molecule has 5 nitrogen and oxygen atoms in total. The van der Waals surface area contributed by atoms with Gasteiger partial charge in [-0.3, -0.25) is 4.79 Å². The molecule has 0 aromatic heterocycles. The Morgan fingerprint density at radius 3 is 2.86 bits per heavy atom. The number of ether oxygens (including phenoxy) is 2. The molecule has 1 unspecified atom stereocenters. The summed E-state index contributed by atoms with van der Waals surface area (Å²) in [5.41, 5.74) is 0. The summed E-state index contributed by atoms with van der Waals surface area (Å²) in [6.45, 7) is 3.02. The van der Waals surface area contributed by atoms with Crippen LogP contribution in [0.25, 0.3) is 0 Å². The molecule has 1 N–H and O–H groups in total. The molecule has 1 aromatic carbocycles. The summed E-state index contributed by atoms with van der Waals surface area (Å²) in [5, 5.41) is 3.16. The number of nitrogens with one attached hydrogen (secondary N) is 1. The van der Waals surface area contributed by atoms with E-state index in [1.165, 1.54) is 0 Å². The second kappa shape index (κ2) is 10.4. The van der Waals surface area contributed by atoms with Crippen molar-refractivity contribution >= 4 is 18.3 Å². The maximum atomic E-state index is 11.9. The highest BCUT2D eigenvalue weighted by Crippen LogP contribution is 2.10. The third-order valence-electron chi connectivity index (χ3n) is 3.54. The molecule has 22 heavy (non-hydrogen) atoms. The fraction of sp³-hybridized carbons (Fsp3) is 0.562. The molecule has 1 amide bonds. The number of nitrogens with zero attached hydrogens (tertiary/aromatic N) is 1. The Bertz CT molecular complexity index is 425. The van der Waals surface area contributed by atoms with E-state index in [4.69, 9.17) is 9.47 Å². The summed E-state index contributed by atoms with van der Waals surface area (Å²) in [5.74, 6) is 0.902. The molecule has 124 valence electrons. The van der Waals surface area contributed by atoms with E-state index >= 15 is 0 Å². The first-order valence-corrected chi connectivity index (χ1v) is 7.50. The van der Waals surface area contributed by atoms with Gasteiger partial charge in [-0.15, -0.1) is 12.4 Å². The predicted molar refractivity (Wildman–Crippen MR) is 88.7 cm³/mol. The number of hydrogen-bond donors (Lipinski definition) is 1. The molecule has 0 radical (unpaired) electrons. The minimum Gasteiger partial charge on any atom is -0.492 e. The lowest BCUT2D eigenvalue weighted by Gasteiger charge is -2.18. The Labute approximate surface area is 138 Å². The van der Waals surface area contributed by atoms with Crippen molar-refractivity contribution in [1.29, 1.82) is 0 Å². The van der Waals surface area contributed by atoms with Gasteiger partial charge in [0.05, 0.1) is 19.2 Å². The van der Waals surface area contributed by atoms with Crippen molar-refractivity contribution in [3.63, 3.8) is 0 Å². The topological polar surface area (TPSA) is 50.8 Å². The van der Waals surface area contributed by atoms with Crippen molar-refractivity contribution in [3.05, 3.63) is 30.3 Å². The molecular formula is C16H25ClN2O3. The molecule has 0 saturated carbocycles. The fourth-order valence-corrected chi connectivity index (χ4v) is 2.22. The first-order valence-electron chi connectivity index (χ1n) is 7.50. The van der Waals surface area contributed by atoms with Crippen molar-refractivity contribution in [2.24, 2.45) is 0 Å². The Hall–Kier alpha value is -1.30. The molecule has 0 spiro atoms. The molecule has 0 aliphatic carbocycles. The average molecular weight is 329 g/mol. The number of carbonyl (C=O) groups excluding carboxylic acids is 1. The summed E-state index contributed by atoms with van der Waals surface area (Å²) in [7, 11) is 1.80. The van der Waals surface area contributed by atoms with Crippen LogP contribution in [-0.2, 0) is 9.53 Å². The van der Waals surface area contributed by atoms with Gasteiger partial charge in [-0.25, -0.2) is 0 Å². The lowest BCUT2D eigenvalue weighted by atomic mass is 10.2. The van der Waals surface area contributed by atoms with Gasteiger partial charge >= 0.3 is 0 Å². The summed E-state index contributed by atoms with van der Waals surface area (Å²) in [6, 6.07) is 9.62. The van der Waals surface area contributed by atoms with E-state index in [-0.39, 0.29) is 24.4 Å². The second-order valence-corrected chi connectivity index (χ2v) is 5.24. The average Bonchev–Trinajstić information content (AvgIpc) is 3.01. The third kappa shape index (κ3) is 6.64. The molecule has 1 aliphatic heterocycles. The van der Waals surface area contributed by atoms with Crippen LogP contribution < -0.4 is 10.1 Å². The van der Waals surface area contributed by atoms with Crippen molar-refractivity contribution in [1.82, 2.24) is 10.2 Å². The first kappa shape index (κ1) is 18.7. The van der Waals surface area contributed by atoms with Crippen LogP contribution in [0.3, 0.4) is 0 Å². The first-order chi connectivity index (χ1) is 10.3.